The minimum Gasteiger partial charge on any atom is -0.428 e. The quantitative estimate of drug-likeness (QED) is 0.585. The predicted octanol–water partition coefficient (Wildman–Crippen LogP) is 6.00. The molecule has 22 heavy (non-hydrogen) atoms. The molecule has 0 spiro atoms. The standard InChI is InChI=1S/C17H22F4O/c1-2-3-12-4-6-13(7-5-12)14-8-10-15(11-9-14)22-17(20,21)16(18)19/h8-13,16H,2-7H2,1H3/t12-,13-. The molecule has 1 saturated carbocycles. The van der Waals surface area contributed by atoms with Crippen LogP contribution >= 0.6 is 0 Å². The van der Waals surface area contributed by atoms with Crippen molar-refractivity contribution in [2.24, 2.45) is 5.92 Å². The zero-order valence-electron chi connectivity index (χ0n) is 12.7. The summed E-state index contributed by atoms with van der Waals surface area (Å²) in [6, 6.07) is 6.12. The average molecular weight is 318 g/mol. The fourth-order valence-corrected chi connectivity index (χ4v) is 3.20. The van der Waals surface area contributed by atoms with E-state index in [1.807, 2.05) is 0 Å². The largest absolute Gasteiger partial charge is 0.461 e. The minimum atomic E-state index is -4.44. The number of benzene rings is 1. The molecule has 0 saturated heterocycles. The summed E-state index contributed by atoms with van der Waals surface area (Å²) in [7, 11) is 0. The van der Waals surface area contributed by atoms with Gasteiger partial charge in [-0.1, -0.05) is 31.9 Å². The maximum absolute atomic E-state index is 12.8. The van der Waals surface area contributed by atoms with Gasteiger partial charge in [0.05, 0.1) is 0 Å². The van der Waals surface area contributed by atoms with Gasteiger partial charge in [-0.05, 0) is 55.2 Å². The van der Waals surface area contributed by atoms with Gasteiger partial charge >= 0.3 is 12.5 Å². The van der Waals surface area contributed by atoms with Crippen molar-refractivity contribution in [1.82, 2.24) is 0 Å². The number of rotatable bonds is 6. The fourth-order valence-electron chi connectivity index (χ4n) is 3.20. The van der Waals surface area contributed by atoms with Crippen LogP contribution in [0.2, 0.25) is 0 Å². The van der Waals surface area contributed by atoms with Crippen molar-refractivity contribution in [3.8, 4) is 5.75 Å². The summed E-state index contributed by atoms with van der Waals surface area (Å²) >= 11 is 0. The van der Waals surface area contributed by atoms with E-state index in [1.165, 1.54) is 37.8 Å². The van der Waals surface area contributed by atoms with Gasteiger partial charge in [-0.15, -0.1) is 0 Å². The van der Waals surface area contributed by atoms with Crippen molar-refractivity contribution in [3.05, 3.63) is 29.8 Å². The summed E-state index contributed by atoms with van der Waals surface area (Å²) < 4.78 is 53.9. The van der Waals surface area contributed by atoms with E-state index < -0.39 is 12.5 Å². The molecule has 1 aliphatic carbocycles. The van der Waals surface area contributed by atoms with E-state index in [-0.39, 0.29) is 5.75 Å². The summed E-state index contributed by atoms with van der Waals surface area (Å²) in [5.41, 5.74) is 1.07. The lowest BCUT2D eigenvalue weighted by molar-refractivity contribution is -0.253. The van der Waals surface area contributed by atoms with Gasteiger partial charge in [0, 0.05) is 0 Å². The van der Waals surface area contributed by atoms with Crippen molar-refractivity contribution in [2.45, 2.75) is 63.9 Å². The molecular formula is C17H22F4O. The number of halogens is 4. The predicted molar refractivity (Wildman–Crippen MR) is 77.6 cm³/mol. The molecule has 0 N–H and O–H groups in total. The second-order valence-electron chi connectivity index (χ2n) is 6.04. The molecule has 1 aromatic carbocycles. The van der Waals surface area contributed by atoms with E-state index in [4.69, 9.17) is 0 Å². The SMILES string of the molecule is CCC[C@H]1CC[C@H](c2ccc(OC(F)(F)C(F)F)cc2)CC1. The number of alkyl halides is 4. The molecule has 0 heterocycles. The topological polar surface area (TPSA) is 9.23 Å². The van der Waals surface area contributed by atoms with E-state index in [1.54, 1.807) is 12.1 Å². The fraction of sp³-hybridized carbons (Fsp3) is 0.647. The Balaban J connectivity index is 1.93. The van der Waals surface area contributed by atoms with E-state index in [2.05, 4.69) is 11.7 Å². The molecule has 1 aliphatic rings. The first-order chi connectivity index (χ1) is 10.4. The Hall–Kier alpha value is -1.26. The molecule has 0 bridgehead atoms. The Kier molecular flexibility index (Phi) is 5.70. The normalized spacial score (nSPS) is 22.8. The molecule has 1 fully saturated rings. The zero-order valence-corrected chi connectivity index (χ0v) is 12.7. The highest BCUT2D eigenvalue weighted by Gasteiger charge is 2.43. The third-order valence-corrected chi connectivity index (χ3v) is 4.40. The van der Waals surface area contributed by atoms with Crippen LogP contribution in [-0.4, -0.2) is 12.5 Å². The first kappa shape index (κ1) is 17.1. The summed E-state index contributed by atoms with van der Waals surface area (Å²) in [6.45, 7) is 2.19. The number of hydrogen-bond donors (Lipinski definition) is 0. The van der Waals surface area contributed by atoms with Gasteiger partial charge < -0.3 is 4.74 Å². The molecule has 0 aromatic heterocycles. The van der Waals surface area contributed by atoms with Crippen molar-refractivity contribution in [1.29, 1.82) is 0 Å². The van der Waals surface area contributed by atoms with Crippen molar-refractivity contribution < 1.29 is 22.3 Å². The monoisotopic (exact) mass is 318 g/mol. The molecule has 0 amide bonds. The Morgan fingerprint density at radius 2 is 1.68 bits per heavy atom. The van der Waals surface area contributed by atoms with Gasteiger partial charge in [0.25, 0.3) is 0 Å². The lowest BCUT2D eigenvalue weighted by atomic mass is 9.77. The third-order valence-electron chi connectivity index (χ3n) is 4.40. The molecule has 0 atom stereocenters. The van der Waals surface area contributed by atoms with Crippen molar-refractivity contribution in [3.63, 3.8) is 0 Å². The van der Waals surface area contributed by atoms with E-state index in [0.29, 0.717) is 5.92 Å². The lowest BCUT2D eigenvalue weighted by Gasteiger charge is -2.28. The average Bonchev–Trinajstić information content (AvgIpc) is 2.49. The first-order valence-electron chi connectivity index (χ1n) is 7.87. The smallest absolute Gasteiger partial charge is 0.428 e. The molecular weight excluding hydrogens is 296 g/mol. The molecule has 1 aromatic rings. The van der Waals surface area contributed by atoms with Crippen LogP contribution in [0.15, 0.2) is 24.3 Å². The molecule has 124 valence electrons. The summed E-state index contributed by atoms with van der Waals surface area (Å²) in [5.74, 6) is 1.00. The maximum atomic E-state index is 12.8. The van der Waals surface area contributed by atoms with Gasteiger partial charge in [0.15, 0.2) is 0 Å². The van der Waals surface area contributed by atoms with Gasteiger partial charge in [-0.3, -0.25) is 0 Å². The van der Waals surface area contributed by atoms with E-state index >= 15 is 0 Å². The van der Waals surface area contributed by atoms with E-state index in [9.17, 15) is 17.6 Å². The highest BCUT2D eigenvalue weighted by molar-refractivity contribution is 5.30. The van der Waals surface area contributed by atoms with Crippen molar-refractivity contribution in [2.75, 3.05) is 0 Å². The van der Waals surface area contributed by atoms with Crippen LogP contribution in [0, 0.1) is 5.92 Å². The highest BCUT2D eigenvalue weighted by atomic mass is 19.3. The van der Waals surface area contributed by atoms with Crippen LogP contribution in [0.5, 0.6) is 5.75 Å². The molecule has 0 aliphatic heterocycles. The van der Waals surface area contributed by atoms with Gasteiger partial charge in [0.2, 0.25) is 0 Å². The number of hydrogen-bond acceptors (Lipinski definition) is 1. The Bertz CT molecular complexity index is 450. The van der Waals surface area contributed by atoms with Crippen LogP contribution in [-0.2, 0) is 0 Å². The maximum Gasteiger partial charge on any atom is 0.461 e. The van der Waals surface area contributed by atoms with Crippen LogP contribution in [0.4, 0.5) is 17.6 Å². The first-order valence-corrected chi connectivity index (χ1v) is 7.87. The van der Waals surface area contributed by atoms with Crippen LogP contribution in [0.1, 0.15) is 56.9 Å². The molecule has 0 unspecified atom stereocenters. The van der Waals surface area contributed by atoms with E-state index in [0.717, 1.165) is 24.3 Å². The lowest BCUT2D eigenvalue weighted by Crippen LogP contribution is -2.33. The Labute approximate surface area is 128 Å². The second-order valence-corrected chi connectivity index (χ2v) is 6.04. The van der Waals surface area contributed by atoms with Gasteiger partial charge in [0.1, 0.15) is 5.75 Å². The Morgan fingerprint density at radius 1 is 1.09 bits per heavy atom. The summed E-state index contributed by atoms with van der Waals surface area (Å²) in [6.07, 6.45) is -1.22. The van der Waals surface area contributed by atoms with Crippen LogP contribution < -0.4 is 4.74 Å². The van der Waals surface area contributed by atoms with Crippen LogP contribution in [0.3, 0.4) is 0 Å². The summed E-state index contributed by atoms with van der Waals surface area (Å²) in [4.78, 5) is 0. The third kappa shape index (κ3) is 4.37. The molecule has 5 heteroatoms. The van der Waals surface area contributed by atoms with Gasteiger partial charge in [-0.2, -0.15) is 17.6 Å². The molecule has 1 nitrogen and oxygen atoms in total. The molecule has 0 radical (unpaired) electrons. The second kappa shape index (κ2) is 7.34. The number of ether oxygens (including phenoxy) is 1. The van der Waals surface area contributed by atoms with Gasteiger partial charge in [-0.25, -0.2) is 0 Å². The van der Waals surface area contributed by atoms with Crippen LogP contribution in [0.25, 0.3) is 0 Å². The summed E-state index contributed by atoms with van der Waals surface area (Å²) in [5, 5.41) is 0. The molecule has 2 rings (SSSR count). The minimum absolute atomic E-state index is 0.228. The van der Waals surface area contributed by atoms with Crippen molar-refractivity contribution >= 4 is 0 Å². The highest BCUT2D eigenvalue weighted by Crippen LogP contribution is 2.38. The Morgan fingerprint density at radius 3 is 2.18 bits per heavy atom. The zero-order chi connectivity index (χ0) is 16.2.